The van der Waals surface area contributed by atoms with Gasteiger partial charge in [-0.05, 0) is 32.1 Å². The molecule has 1 rings (SSSR count). The molecule has 1 saturated carbocycles. The molecule has 1 aliphatic rings. The van der Waals surface area contributed by atoms with E-state index in [4.69, 9.17) is 10.2 Å². The largest absolute Gasteiger partial charge is 0.481 e. The van der Waals surface area contributed by atoms with Gasteiger partial charge in [0.1, 0.15) is 0 Å². The summed E-state index contributed by atoms with van der Waals surface area (Å²) in [6.07, 6.45) is 3.75. The first-order valence-corrected chi connectivity index (χ1v) is 6.35. The lowest BCUT2D eigenvalue weighted by Crippen LogP contribution is -2.42. The van der Waals surface area contributed by atoms with E-state index in [-0.39, 0.29) is 19.2 Å². The van der Waals surface area contributed by atoms with Crippen LogP contribution in [0.2, 0.25) is 0 Å². The number of carbonyl (C=O) groups excluding carboxylic acids is 1. The predicted molar refractivity (Wildman–Crippen MR) is 66.3 cm³/mol. The lowest BCUT2D eigenvalue weighted by atomic mass is 10.1. The Kier molecular flexibility index (Phi) is 5.40. The monoisotopic (exact) mass is 258 g/mol. The average molecular weight is 258 g/mol. The van der Waals surface area contributed by atoms with Gasteiger partial charge >= 0.3 is 12.0 Å². The van der Waals surface area contributed by atoms with Gasteiger partial charge in [0.05, 0.1) is 5.41 Å². The molecular formula is C12H22N2O4. The molecule has 0 aromatic heterocycles. The molecule has 1 aliphatic carbocycles. The summed E-state index contributed by atoms with van der Waals surface area (Å²) in [5.74, 6) is -0.826. The van der Waals surface area contributed by atoms with E-state index in [0.29, 0.717) is 19.4 Å². The van der Waals surface area contributed by atoms with Gasteiger partial charge in [0.25, 0.3) is 0 Å². The minimum atomic E-state index is -0.826. The maximum Gasteiger partial charge on any atom is 0.317 e. The van der Waals surface area contributed by atoms with Gasteiger partial charge in [-0.1, -0.05) is 0 Å². The van der Waals surface area contributed by atoms with E-state index >= 15 is 0 Å². The number of aliphatic carboxylic acids is 1. The number of unbranched alkanes of at least 4 members (excludes halogenated alkanes) is 2. The van der Waals surface area contributed by atoms with Crippen LogP contribution in [0.3, 0.4) is 0 Å². The fraction of sp³-hybridized carbons (Fsp3) is 0.833. The highest BCUT2D eigenvalue weighted by atomic mass is 16.4. The lowest BCUT2D eigenvalue weighted by Gasteiger charge is -2.19. The van der Waals surface area contributed by atoms with Crippen molar-refractivity contribution in [2.45, 2.75) is 32.1 Å². The summed E-state index contributed by atoms with van der Waals surface area (Å²) < 4.78 is 0. The summed E-state index contributed by atoms with van der Waals surface area (Å²) in [5.41, 5.74) is -0.715. The summed E-state index contributed by atoms with van der Waals surface area (Å²) in [5, 5.41) is 20.3. The molecule has 2 amide bonds. The lowest BCUT2D eigenvalue weighted by molar-refractivity contribution is -0.143. The van der Waals surface area contributed by atoms with E-state index in [9.17, 15) is 9.59 Å². The van der Waals surface area contributed by atoms with Crippen molar-refractivity contribution in [3.8, 4) is 0 Å². The average Bonchev–Trinajstić information content (AvgIpc) is 3.12. The molecule has 18 heavy (non-hydrogen) atoms. The molecule has 0 aromatic rings. The number of urea groups is 1. The molecule has 0 atom stereocenters. The number of rotatable bonds is 8. The topological polar surface area (TPSA) is 89.9 Å². The van der Waals surface area contributed by atoms with Crippen molar-refractivity contribution in [1.29, 1.82) is 0 Å². The predicted octanol–water partition coefficient (Wildman–Crippen LogP) is 0.655. The van der Waals surface area contributed by atoms with Crippen molar-refractivity contribution in [3.05, 3.63) is 0 Å². The Hall–Kier alpha value is -1.30. The van der Waals surface area contributed by atoms with Crippen molar-refractivity contribution in [2.75, 3.05) is 26.7 Å². The van der Waals surface area contributed by atoms with Crippen LogP contribution >= 0.6 is 0 Å². The van der Waals surface area contributed by atoms with Gasteiger partial charge in [0, 0.05) is 26.7 Å². The number of amides is 2. The third-order valence-corrected chi connectivity index (χ3v) is 3.38. The van der Waals surface area contributed by atoms with Gasteiger partial charge in [0.15, 0.2) is 0 Å². The standard InChI is InChI=1S/C12H22N2O4/c1-14(7-3-2-4-8-15)11(18)13-9-12(5-6-12)10(16)17/h15H,2-9H2,1H3,(H,13,18)(H,16,17). The molecule has 0 bridgehead atoms. The number of aliphatic hydroxyl groups is 1. The first-order chi connectivity index (χ1) is 8.52. The van der Waals surface area contributed by atoms with E-state index in [1.807, 2.05) is 0 Å². The third-order valence-electron chi connectivity index (χ3n) is 3.38. The zero-order valence-electron chi connectivity index (χ0n) is 10.8. The molecule has 0 spiro atoms. The van der Waals surface area contributed by atoms with Crippen molar-refractivity contribution < 1.29 is 19.8 Å². The van der Waals surface area contributed by atoms with Crippen LogP contribution < -0.4 is 5.32 Å². The quantitative estimate of drug-likeness (QED) is 0.558. The Labute approximate surface area is 107 Å². The van der Waals surface area contributed by atoms with E-state index in [0.717, 1.165) is 19.3 Å². The van der Waals surface area contributed by atoms with Crippen LogP contribution in [0.15, 0.2) is 0 Å². The molecule has 0 unspecified atom stereocenters. The van der Waals surface area contributed by atoms with Crippen molar-refractivity contribution in [1.82, 2.24) is 10.2 Å². The number of nitrogens with one attached hydrogen (secondary N) is 1. The first-order valence-electron chi connectivity index (χ1n) is 6.35. The van der Waals surface area contributed by atoms with E-state index in [1.54, 1.807) is 11.9 Å². The highest BCUT2D eigenvalue weighted by Crippen LogP contribution is 2.45. The van der Waals surface area contributed by atoms with Crippen LogP contribution in [-0.2, 0) is 4.79 Å². The normalized spacial score (nSPS) is 16.1. The van der Waals surface area contributed by atoms with Gasteiger partial charge in [-0.25, -0.2) is 4.79 Å². The zero-order valence-corrected chi connectivity index (χ0v) is 10.8. The van der Waals surface area contributed by atoms with E-state index in [2.05, 4.69) is 5.32 Å². The van der Waals surface area contributed by atoms with E-state index < -0.39 is 11.4 Å². The molecule has 0 heterocycles. The molecule has 3 N–H and O–H groups in total. The number of carbonyl (C=O) groups is 2. The van der Waals surface area contributed by atoms with Crippen LogP contribution in [0, 0.1) is 5.41 Å². The van der Waals surface area contributed by atoms with Crippen LogP contribution in [0.5, 0.6) is 0 Å². The highest BCUT2D eigenvalue weighted by Gasteiger charge is 2.50. The second-order valence-corrected chi connectivity index (χ2v) is 4.95. The molecule has 6 nitrogen and oxygen atoms in total. The van der Waals surface area contributed by atoms with Gasteiger partial charge in [-0.15, -0.1) is 0 Å². The fourth-order valence-electron chi connectivity index (χ4n) is 1.74. The Morgan fingerprint density at radius 3 is 2.44 bits per heavy atom. The summed E-state index contributed by atoms with van der Waals surface area (Å²) in [6.45, 7) is 1.01. The van der Waals surface area contributed by atoms with Crippen LogP contribution in [0.1, 0.15) is 32.1 Å². The summed E-state index contributed by atoms with van der Waals surface area (Å²) >= 11 is 0. The number of carboxylic acids is 1. The minimum Gasteiger partial charge on any atom is -0.481 e. The number of aliphatic hydroxyl groups excluding tert-OH is 1. The summed E-state index contributed by atoms with van der Waals surface area (Å²) in [7, 11) is 1.69. The van der Waals surface area contributed by atoms with Crippen LogP contribution in [-0.4, -0.2) is 53.9 Å². The number of hydrogen-bond acceptors (Lipinski definition) is 3. The first kappa shape index (κ1) is 14.8. The SMILES string of the molecule is CN(CCCCCO)C(=O)NCC1(C(=O)O)CC1. The number of nitrogens with zero attached hydrogens (tertiary/aromatic N) is 1. The maximum atomic E-state index is 11.7. The van der Waals surface area contributed by atoms with Crippen molar-refractivity contribution >= 4 is 12.0 Å². The summed E-state index contributed by atoms with van der Waals surface area (Å²) in [6, 6.07) is -0.230. The third kappa shape index (κ3) is 4.18. The molecule has 104 valence electrons. The number of hydrogen-bond donors (Lipinski definition) is 3. The van der Waals surface area contributed by atoms with Gasteiger partial charge in [-0.3, -0.25) is 4.79 Å². The molecule has 0 saturated heterocycles. The van der Waals surface area contributed by atoms with Crippen LogP contribution in [0.4, 0.5) is 4.79 Å². The van der Waals surface area contributed by atoms with Gasteiger partial charge in [0.2, 0.25) is 0 Å². The van der Waals surface area contributed by atoms with Gasteiger partial charge < -0.3 is 20.4 Å². The summed E-state index contributed by atoms with van der Waals surface area (Å²) in [4.78, 5) is 24.1. The number of carboxylic acid groups (broad SMARTS) is 1. The molecule has 6 heteroatoms. The van der Waals surface area contributed by atoms with Crippen molar-refractivity contribution in [2.24, 2.45) is 5.41 Å². The van der Waals surface area contributed by atoms with E-state index in [1.165, 1.54) is 0 Å². The Morgan fingerprint density at radius 2 is 1.94 bits per heavy atom. The smallest absolute Gasteiger partial charge is 0.317 e. The van der Waals surface area contributed by atoms with Crippen molar-refractivity contribution in [3.63, 3.8) is 0 Å². The van der Waals surface area contributed by atoms with Crippen LogP contribution in [0.25, 0.3) is 0 Å². The second kappa shape index (κ2) is 6.58. The molecule has 1 fully saturated rings. The Morgan fingerprint density at radius 1 is 1.28 bits per heavy atom. The molecule has 0 radical (unpaired) electrons. The van der Waals surface area contributed by atoms with Gasteiger partial charge in [-0.2, -0.15) is 0 Å². The maximum absolute atomic E-state index is 11.7. The highest BCUT2D eigenvalue weighted by molar-refractivity contribution is 5.80. The molecule has 0 aromatic carbocycles. The fourth-order valence-corrected chi connectivity index (χ4v) is 1.74. The zero-order chi connectivity index (χ0) is 13.6. The second-order valence-electron chi connectivity index (χ2n) is 4.95. The minimum absolute atomic E-state index is 0.178. The Bertz CT molecular complexity index is 302. The molecule has 0 aliphatic heterocycles. The molecular weight excluding hydrogens is 236 g/mol. The Balaban J connectivity index is 2.18.